The normalized spacial score (nSPS) is 11.1. The lowest BCUT2D eigenvalue weighted by Gasteiger charge is -2.14. The maximum absolute atomic E-state index is 12.2. The summed E-state index contributed by atoms with van der Waals surface area (Å²) in [6.07, 6.45) is 0. The third-order valence-corrected chi connectivity index (χ3v) is 4.80. The SMILES string of the molecule is CNS(=O)(=O)c1ccc(C(=O)NCc2cc(OC)c(OC)c(OC)c2)o1. The van der Waals surface area contributed by atoms with Gasteiger partial charge in [0.1, 0.15) is 0 Å². The first kappa shape index (κ1) is 19.6. The number of nitrogens with one attached hydrogen (secondary N) is 2. The van der Waals surface area contributed by atoms with E-state index in [9.17, 15) is 13.2 Å². The number of rotatable bonds is 8. The minimum absolute atomic E-state index is 0.119. The molecule has 0 bridgehead atoms. The van der Waals surface area contributed by atoms with Crippen molar-refractivity contribution >= 4 is 15.9 Å². The number of benzene rings is 1. The molecule has 0 radical (unpaired) electrons. The van der Waals surface area contributed by atoms with E-state index in [0.717, 1.165) is 0 Å². The van der Waals surface area contributed by atoms with Crippen LogP contribution < -0.4 is 24.2 Å². The highest BCUT2D eigenvalue weighted by Crippen LogP contribution is 2.38. The quantitative estimate of drug-likeness (QED) is 0.701. The third kappa shape index (κ3) is 4.09. The smallest absolute Gasteiger partial charge is 0.287 e. The molecule has 0 aliphatic carbocycles. The summed E-state index contributed by atoms with van der Waals surface area (Å²) in [6, 6.07) is 5.89. The molecule has 142 valence electrons. The number of ether oxygens (including phenoxy) is 3. The standard InChI is InChI=1S/C16H20N2O7S/c1-17-26(20,21)14-6-5-11(25-14)16(19)18-9-10-7-12(22-2)15(24-4)13(8-10)23-3/h5-8,17H,9H2,1-4H3,(H,18,19). The van der Waals surface area contributed by atoms with E-state index in [0.29, 0.717) is 22.8 Å². The lowest BCUT2D eigenvalue weighted by molar-refractivity contribution is 0.0917. The summed E-state index contributed by atoms with van der Waals surface area (Å²) in [4.78, 5) is 12.2. The predicted octanol–water partition coefficient (Wildman–Crippen LogP) is 1.14. The second kappa shape index (κ2) is 8.11. The van der Waals surface area contributed by atoms with E-state index in [2.05, 4.69) is 10.0 Å². The van der Waals surface area contributed by atoms with Gasteiger partial charge >= 0.3 is 0 Å². The monoisotopic (exact) mass is 384 g/mol. The molecule has 2 rings (SSSR count). The zero-order valence-electron chi connectivity index (χ0n) is 14.8. The van der Waals surface area contributed by atoms with Gasteiger partial charge in [-0.3, -0.25) is 4.79 Å². The van der Waals surface area contributed by atoms with E-state index in [4.69, 9.17) is 18.6 Å². The van der Waals surface area contributed by atoms with Gasteiger partial charge in [-0.2, -0.15) is 0 Å². The molecule has 1 heterocycles. The van der Waals surface area contributed by atoms with Crippen molar-refractivity contribution in [3.05, 3.63) is 35.6 Å². The van der Waals surface area contributed by atoms with Crippen LogP contribution in [0.5, 0.6) is 17.2 Å². The molecular formula is C16H20N2O7S. The summed E-state index contributed by atoms with van der Waals surface area (Å²) in [6.45, 7) is 0.143. The van der Waals surface area contributed by atoms with Gasteiger partial charge in [0.15, 0.2) is 17.3 Å². The molecule has 0 fully saturated rings. The summed E-state index contributed by atoms with van der Waals surface area (Å²) in [5.41, 5.74) is 0.697. The van der Waals surface area contributed by atoms with E-state index < -0.39 is 15.9 Å². The number of methoxy groups -OCH3 is 3. The molecule has 26 heavy (non-hydrogen) atoms. The molecule has 2 N–H and O–H groups in total. The fourth-order valence-electron chi connectivity index (χ4n) is 2.19. The molecule has 0 saturated heterocycles. The minimum Gasteiger partial charge on any atom is -0.493 e. The van der Waals surface area contributed by atoms with Gasteiger partial charge in [-0.25, -0.2) is 13.1 Å². The van der Waals surface area contributed by atoms with Crippen molar-refractivity contribution in [1.82, 2.24) is 10.0 Å². The first-order chi connectivity index (χ1) is 12.4. The Morgan fingerprint density at radius 3 is 2.19 bits per heavy atom. The molecule has 0 atom stereocenters. The van der Waals surface area contributed by atoms with Crippen LogP contribution in [0, 0.1) is 0 Å². The van der Waals surface area contributed by atoms with Gasteiger partial charge < -0.3 is 23.9 Å². The average molecular weight is 384 g/mol. The van der Waals surface area contributed by atoms with Crippen LogP contribution in [0.2, 0.25) is 0 Å². The fraction of sp³-hybridized carbons (Fsp3) is 0.312. The van der Waals surface area contributed by atoms with E-state index in [1.807, 2.05) is 0 Å². The molecule has 10 heteroatoms. The van der Waals surface area contributed by atoms with Crippen LogP contribution >= 0.6 is 0 Å². The largest absolute Gasteiger partial charge is 0.493 e. The van der Waals surface area contributed by atoms with E-state index in [1.165, 1.54) is 40.5 Å². The first-order valence-corrected chi connectivity index (χ1v) is 8.95. The van der Waals surface area contributed by atoms with Gasteiger partial charge in [0.05, 0.1) is 21.3 Å². The Bertz CT molecular complexity index is 865. The zero-order chi connectivity index (χ0) is 19.3. The van der Waals surface area contributed by atoms with Crippen molar-refractivity contribution < 1.29 is 31.8 Å². The van der Waals surface area contributed by atoms with Crippen LogP contribution in [-0.4, -0.2) is 42.7 Å². The van der Waals surface area contributed by atoms with Crippen LogP contribution in [0.4, 0.5) is 0 Å². The Balaban J connectivity index is 2.15. The van der Waals surface area contributed by atoms with Crippen molar-refractivity contribution in [3.8, 4) is 17.2 Å². The minimum atomic E-state index is -3.75. The van der Waals surface area contributed by atoms with Crippen molar-refractivity contribution in [2.45, 2.75) is 11.6 Å². The first-order valence-electron chi connectivity index (χ1n) is 7.46. The average Bonchev–Trinajstić information content (AvgIpc) is 3.16. The Morgan fingerprint density at radius 2 is 1.69 bits per heavy atom. The number of hydrogen-bond acceptors (Lipinski definition) is 7. The Hall–Kier alpha value is -2.72. The number of carbonyl (C=O) groups is 1. The molecule has 0 unspecified atom stereocenters. The molecule has 0 aliphatic rings. The molecule has 1 amide bonds. The van der Waals surface area contributed by atoms with Gasteiger partial charge in [-0.15, -0.1) is 0 Å². The van der Waals surface area contributed by atoms with Gasteiger partial charge in [0, 0.05) is 6.54 Å². The summed E-state index contributed by atoms with van der Waals surface area (Å²) in [5.74, 6) is 0.675. The number of hydrogen-bond donors (Lipinski definition) is 2. The predicted molar refractivity (Wildman–Crippen MR) is 92.2 cm³/mol. The van der Waals surface area contributed by atoms with Crippen LogP contribution in [0.25, 0.3) is 0 Å². The molecule has 2 aromatic rings. The lowest BCUT2D eigenvalue weighted by Crippen LogP contribution is -2.22. The van der Waals surface area contributed by atoms with Crippen LogP contribution in [0.3, 0.4) is 0 Å². The fourth-order valence-corrected chi connectivity index (χ4v) is 2.84. The Kier molecular flexibility index (Phi) is 6.11. The highest BCUT2D eigenvalue weighted by Gasteiger charge is 2.20. The van der Waals surface area contributed by atoms with Gasteiger partial charge in [0.2, 0.25) is 10.8 Å². The van der Waals surface area contributed by atoms with Crippen molar-refractivity contribution in [1.29, 1.82) is 0 Å². The van der Waals surface area contributed by atoms with E-state index in [1.54, 1.807) is 12.1 Å². The second-order valence-electron chi connectivity index (χ2n) is 5.04. The second-order valence-corrected chi connectivity index (χ2v) is 6.86. The zero-order valence-corrected chi connectivity index (χ0v) is 15.6. The molecule has 1 aromatic heterocycles. The highest BCUT2D eigenvalue weighted by molar-refractivity contribution is 7.89. The van der Waals surface area contributed by atoms with E-state index >= 15 is 0 Å². The van der Waals surface area contributed by atoms with Gasteiger partial charge in [-0.1, -0.05) is 0 Å². The maximum Gasteiger partial charge on any atom is 0.287 e. The summed E-state index contributed by atoms with van der Waals surface area (Å²) in [7, 11) is 1.98. The number of furan rings is 1. The van der Waals surface area contributed by atoms with Crippen molar-refractivity contribution in [3.63, 3.8) is 0 Å². The Morgan fingerprint density at radius 1 is 1.08 bits per heavy atom. The summed E-state index contributed by atoms with van der Waals surface area (Å²) >= 11 is 0. The van der Waals surface area contributed by atoms with Crippen molar-refractivity contribution in [2.75, 3.05) is 28.4 Å². The molecule has 9 nitrogen and oxygen atoms in total. The van der Waals surface area contributed by atoms with Gasteiger partial charge in [0.25, 0.3) is 15.9 Å². The topological polar surface area (TPSA) is 116 Å². The lowest BCUT2D eigenvalue weighted by atomic mass is 10.1. The summed E-state index contributed by atoms with van der Waals surface area (Å²) < 4.78 is 46.2. The van der Waals surface area contributed by atoms with Crippen LogP contribution in [0.1, 0.15) is 16.1 Å². The molecular weight excluding hydrogens is 364 g/mol. The maximum atomic E-state index is 12.2. The van der Waals surface area contributed by atoms with Crippen molar-refractivity contribution in [2.24, 2.45) is 0 Å². The Labute approximate surface area is 151 Å². The molecule has 1 aromatic carbocycles. The van der Waals surface area contributed by atoms with Gasteiger partial charge in [-0.05, 0) is 36.9 Å². The molecule has 0 spiro atoms. The number of sulfonamides is 1. The molecule has 0 saturated carbocycles. The highest BCUT2D eigenvalue weighted by atomic mass is 32.2. The van der Waals surface area contributed by atoms with E-state index in [-0.39, 0.29) is 17.4 Å². The third-order valence-electron chi connectivity index (χ3n) is 3.52. The van der Waals surface area contributed by atoms with Crippen LogP contribution in [-0.2, 0) is 16.6 Å². The molecule has 0 aliphatic heterocycles. The summed E-state index contributed by atoms with van der Waals surface area (Å²) in [5, 5.41) is 2.30. The van der Waals surface area contributed by atoms with Crippen LogP contribution in [0.15, 0.2) is 33.8 Å². The number of carbonyl (C=O) groups excluding carboxylic acids is 1. The number of amides is 1.